The summed E-state index contributed by atoms with van der Waals surface area (Å²) in [5, 5.41) is 0. The number of hydrogen-bond acceptors (Lipinski definition) is 2. The van der Waals surface area contributed by atoms with E-state index >= 15 is 0 Å². The van der Waals surface area contributed by atoms with Gasteiger partial charge in [-0.2, -0.15) is 0 Å². The highest BCUT2D eigenvalue weighted by Crippen LogP contribution is 2.27. The van der Waals surface area contributed by atoms with Crippen molar-refractivity contribution < 1.29 is 9.13 Å². The molecule has 0 spiro atoms. The fourth-order valence-corrected chi connectivity index (χ4v) is 2.42. The molecule has 94 valence electrons. The van der Waals surface area contributed by atoms with Crippen LogP contribution in [0, 0.1) is 11.7 Å². The minimum Gasteiger partial charge on any atom is -0.493 e. The monoisotopic (exact) mass is 237 g/mol. The summed E-state index contributed by atoms with van der Waals surface area (Å²) in [6.45, 7) is 1.27. The van der Waals surface area contributed by atoms with Gasteiger partial charge in [-0.1, -0.05) is 12.8 Å². The van der Waals surface area contributed by atoms with Crippen LogP contribution in [0.3, 0.4) is 0 Å². The van der Waals surface area contributed by atoms with Gasteiger partial charge in [-0.3, -0.25) is 0 Å². The Morgan fingerprint density at radius 2 is 2.06 bits per heavy atom. The Hall–Kier alpha value is -1.09. The molecule has 0 radical (unpaired) electrons. The molecule has 3 heteroatoms. The minimum absolute atomic E-state index is 0.221. The van der Waals surface area contributed by atoms with Crippen molar-refractivity contribution in [2.24, 2.45) is 11.7 Å². The molecular formula is C14H20FNO. The first kappa shape index (κ1) is 12.4. The molecule has 1 fully saturated rings. The van der Waals surface area contributed by atoms with Gasteiger partial charge < -0.3 is 10.5 Å². The Morgan fingerprint density at radius 3 is 2.76 bits per heavy atom. The van der Waals surface area contributed by atoms with E-state index in [9.17, 15) is 4.39 Å². The van der Waals surface area contributed by atoms with E-state index in [1.807, 2.05) is 0 Å². The van der Waals surface area contributed by atoms with Gasteiger partial charge in [0.1, 0.15) is 11.6 Å². The minimum atomic E-state index is -0.221. The Morgan fingerprint density at radius 1 is 1.29 bits per heavy atom. The summed E-state index contributed by atoms with van der Waals surface area (Å²) in [5.41, 5.74) is 6.40. The predicted molar refractivity (Wildman–Crippen MR) is 66.6 cm³/mol. The zero-order valence-corrected chi connectivity index (χ0v) is 10.1. The van der Waals surface area contributed by atoms with Crippen molar-refractivity contribution in [2.75, 3.05) is 13.2 Å². The summed E-state index contributed by atoms with van der Waals surface area (Å²) in [6, 6.07) is 4.69. The highest BCUT2D eigenvalue weighted by Gasteiger charge is 2.16. The van der Waals surface area contributed by atoms with Crippen molar-refractivity contribution >= 4 is 0 Å². The molecule has 0 aliphatic heterocycles. The molecule has 1 saturated carbocycles. The largest absolute Gasteiger partial charge is 0.493 e. The van der Waals surface area contributed by atoms with E-state index in [0.717, 1.165) is 17.9 Å². The second-order valence-corrected chi connectivity index (χ2v) is 4.75. The number of ether oxygens (including phenoxy) is 1. The number of rotatable bonds is 5. The third-order valence-electron chi connectivity index (χ3n) is 3.39. The zero-order chi connectivity index (χ0) is 12.1. The molecule has 0 bridgehead atoms. The summed E-state index contributed by atoms with van der Waals surface area (Å²) in [5.74, 6) is 1.25. The van der Waals surface area contributed by atoms with E-state index < -0.39 is 0 Å². The van der Waals surface area contributed by atoms with E-state index in [-0.39, 0.29) is 5.82 Å². The maximum atomic E-state index is 13.1. The van der Waals surface area contributed by atoms with Crippen LogP contribution in [0.4, 0.5) is 4.39 Å². The van der Waals surface area contributed by atoms with E-state index in [2.05, 4.69) is 0 Å². The van der Waals surface area contributed by atoms with Gasteiger partial charge in [0.2, 0.25) is 0 Å². The lowest BCUT2D eigenvalue weighted by atomic mass is 10.1. The smallest absolute Gasteiger partial charge is 0.123 e. The molecule has 1 aliphatic carbocycles. The maximum absolute atomic E-state index is 13.1. The SMILES string of the molecule is NCCc1cc(F)ccc1OCC1CCCC1. The fraction of sp³-hybridized carbons (Fsp3) is 0.571. The van der Waals surface area contributed by atoms with Gasteiger partial charge in [-0.25, -0.2) is 4.39 Å². The van der Waals surface area contributed by atoms with Crippen LogP contribution in [0.15, 0.2) is 18.2 Å². The fourth-order valence-electron chi connectivity index (χ4n) is 2.42. The van der Waals surface area contributed by atoms with Gasteiger partial charge in [-0.15, -0.1) is 0 Å². The normalized spacial score (nSPS) is 16.4. The number of halogens is 1. The highest BCUT2D eigenvalue weighted by atomic mass is 19.1. The Balaban J connectivity index is 1.98. The summed E-state index contributed by atoms with van der Waals surface area (Å²) in [7, 11) is 0. The van der Waals surface area contributed by atoms with Crippen molar-refractivity contribution in [2.45, 2.75) is 32.1 Å². The molecule has 1 aliphatic rings. The van der Waals surface area contributed by atoms with Crippen LogP contribution in [-0.2, 0) is 6.42 Å². The van der Waals surface area contributed by atoms with Gasteiger partial charge in [0.25, 0.3) is 0 Å². The summed E-state index contributed by atoms with van der Waals surface area (Å²) >= 11 is 0. The van der Waals surface area contributed by atoms with Crippen LogP contribution < -0.4 is 10.5 Å². The number of benzene rings is 1. The molecular weight excluding hydrogens is 217 g/mol. The predicted octanol–water partition coefficient (Wildman–Crippen LogP) is 2.90. The Kier molecular flexibility index (Phi) is 4.37. The molecule has 2 nitrogen and oxygen atoms in total. The van der Waals surface area contributed by atoms with Gasteiger partial charge in [0.05, 0.1) is 6.61 Å². The molecule has 0 amide bonds. The highest BCUT2D eigenvalue weighted by molar-refractivity contribution is 5.34. The van der Waals surface area contributed by atoms with Gasteiger partial charge in [-0.05, 0) is 55.5 Å². The molecule has 2 N–H and O–H groups in total. The molecule has 1 aromatic rings. The second-order valence-electron chi connectivity index (χ2n) is 4.75. The van der Waals surface area contributed by atoms with Gasteiger partial charge >= 0.3 is 0 Å². The molecule has 17 heavy (non-hydrogen) atoms. The lowest BCUT2D eigenvalue weighted by Crippen LogP contribution is -2.11. The quantitative estimate of drug-likeness (QED) is 0.854. The number of hydrogen-bond donors (Lipinski definition) is 1. The van der Waals surface area contributed by atoms with Gasteiger partial charge in [0.15, 0.2) is 0 Å². The van der Waals surface area contributed by atoms with Crippen molar-refractivity contribution in [1.29, 1.82) is 0 Å². The van der Waals surface area contributed by atoms with E-state index in [0.29, 0.717) is 18.9 Å². The third-order valence-corrected chi connectivity index (χ3v) is 3.39. The lowest BCUT2D eigenvalue weighted by molar-refractivity contribution is 0.249. The summed E-state index contributed by atoms with van der Waals surface area (Å²) < 4.78 is 18.9. The van der Waals surface area contributed by atoms with Crippen molar-refractivity contribution in [1.82, 2.24) is 0 Å². The molecule has 2 rings (SSSR count). The molecule has 1 aromatic carbocycles. The molecule has 0 atom stereocenters. The van der Waals surface area contributed by atoms with Crippen LogP contribution in [-0.4, -0.2) is 13.2 Å². The molecule has 0 heterocycles. The van der Waals surface area contributed by atoms with Crippen molar-refractivity contribution in [3.63, 3.8) is 0 Å². The van der Waals surface area contributed by atoms with E-state index in [1.165, 1.54) is 37.8 Å². The van der Waals surface area contributed by atoms with Crippen molar-refractivity contribution in [3.8, 4) is 5.75 Å². The molecule has 0 saturated heterocycles. The second kappa shape index (κ2) is 6.01. The maximum Gasteiger partial charge on any atom is 0.123 e. The van der Waals surface area contributed by atoms with E-state index in [4.69, 9.17) is 10.5 Å². The van der Waals surface area contributed by atoms with E-state index in [1.54, 1.807) is 6.07 Å². The third kappa shape index (κ3) is 3.43. The van der Waals surface area contributed by atoms with Crippen LogP contribution in [0.1, 0.15) is 31.2 Å². The first-order valence-corrected chi connectivity index (χ1v) is 6.41. The van der Waals surface area contributed by atoms with Crippen LogP contribution in [0.5, 0.6) is 5.75 Å². The Bertz CT molecular complexity index is 361. The summed E-state index contributed by atoms with van der Waals surface area (Å²) in [4.78, 5) is 0. The standard InChI is InChI=1S/C14H20FNO/c15-13-5-6-14(12(9-13)7-8-16)17-10-11-3-1-2-4-11/h5-6,9,11H,1-4,7-8,10,16H2. The first-order chi connectivity index (χ1) is 8.29. The van der Waals surface area contributed by atoms with Crippen LogP contribution in [0.25, 0.3) is 0 Å². The topological polar surface area (TPSA) is 35.2 Å². The number of nitrogens with two attached hydrogens (primary N) is 1. The molecule has 0 aromatic heterocycles. The first-order valence-electron chi connectivity index (χ1n) is 6.41. The zero-order valence-electron chi connectivity index (χ0n) is 10.1. The Labute approximate surface area is 102 Å². The lowest BCUT2D eigenvalue weighted by Gasteiger charge is -2.14. The van der Waals surface area contributed by atoms with Crippen molar-refractivity contribution in [3.05, 3.63) is 29.6 Å². The van der Waals surface area contributed by atoms with Crippen LogP contribution >= 0.6 is 0 Å². The van der Waals surface area contributed by atoms with Gasteiger partial charge in [0, 0.05) is 0 Å². The average molecular weight is 237 g/mol. The average Bonchev–Trinajstić information content (AvgIpc) is 2.81. The van der Waals surface area contributed by atoms with Crippen LogP contribution in [0.2, 0.25) is 0 Å². The summed E-state index contributed by atoms with van der Waals surface area (Å²) in [6.07, 6.45) is 5.80. The molecule has 0 unspecified atom stereocenters.